The molecule has 31 heavy (non-hydrogen) atoms. The fourth-order valence-electron chi connectivity index (χ4n) is 3.39. The van der Waals surface area contributed by atoms with Gasteiger partial charge in [-0.25, -0.2) is 4.98 Å². The predicted molar refractivity (Wildman–Crippen MR) is 122 cm³/mol. The molecule has 0 saturated carbocycles. The molecule has 156 valence electrons. The van der Waals surface area contributed by atoms with Crippen LogP contribution in [0.25, 0.3) is 11.3 Å². The number of carbonyl (C=O) groups is 1. The summed E-state index contributed by atoms with van der Waals surface area (Å²) in [6.07, 6.45) is 2.47. The number of aromatic nitrogens is 1. The molecule has 0 fully saturated rings. The Morgan fingerprint density at radius 1 is 0.839 bits per heavy atom. The molecule has 1 heterocycles. The summed E-state index contributed by atoms with van der Waals surface area (Å²) in [7, 11) is 0. The van der Waals surface area contributed by atoms with Gasteiger partial charge in [0.25, 0.3) is 0 Å². The molecule has 4 aromatic rings. The summed E-state index contributed by atoms with van der Waals surface area (Å²) in [5.74, 6) is 1.29. The molecule has 1 amide bonds. The largest absolute Gasteiger partial charge is 0.441 e. The van der Waals surface area contributed by atoms with Crippen LogP contribution in [0.3, 0.4) is 0 Å². The lowest BCUT2D eigenvalue weighted by molar-refractivity contribution is -0.132. The standard InChI is InChI=1S/C26H23ClN2O2/c27-23-13-11-22(12-14-23)24-17-28-25(31-24)15-16-26(30)29(18-20-7-3-1-4-8-20)19-21-9-5-2-6-10-21/h1-14,17H,15-16,18-19H2. The molecule has 0 aliphatic rings. The van der Waals surface area contributed by atoms with Gasteiger partial charge in [-0.05, 0) is 35.4 Å². The Bertz CT molecular complexity index is 1070. The minimum Gasteiger partial charge on any atom is -0.441 e. The molecule has 0 bridgehead atoms. The quantitative estimate of drug-likeness (QED) is 0.336. The number of carbonyl (C=O) groups excluding carboxylic acids is 1. The van der Waals surface area contributed by atoms with Crippen LogP contribution in [0.5, 0.6) is 0 Å². The van der Waals surface area contributed by atoms with Gasteiger partial charge in [0, 0.05) is 36.5 Å². The topological polar surface area (TPSA) is 46.3 Å². The number of halogens is 1. The van der Waals surface area contributed by atoms with Crippen molar-refractivity contribution in [2.75, 3.05) is 0 Å². The van der Waals surface area contributed by atoms with E-state index in [1.165, 1.54) is 0 Å². The van der Waals surface area contributed by atoms with E-state index < -0.39 is 0 Å². The van der Waals surface area contributed by atoms with Crippen molar-refractivity contribution in [2.24, 2.45) is 0 Å². The van der Waals surface area contributed by atoms with Gasteiger partial charge in [0.15, 0.2) is 11.7 Å². The molecule has 0 unspecified atom stereocenters. The third kappa shape index (κ3) is 5.83. The van der Waals surface area contributed by atoms with E-state index in [1.807, 2.05) is 89.8 Å². The van der Waals surface area contributed by atoms with Crippen molar-refractivity contribution < 1.29 is 9.21 Å². The van der Waals surface area contributed by atoms with Crippen LogP contribution in [0.15, 0.2) is 95.5 Å². The second-order valence-corrected chi connectivity index (χ2v) is 7.78. The van der Waals surface area contributed by atoms with E-state index in [0.717, 1.165) is 16.7 Å². The maximum atomic E-state index is 13.1. The van der Waals surface area contributed by atoms with Crippen molar-refractivity contribution in [3.63, 3.8) is 0 Å². The average molecular weight is 431 g/mol. The Kier molecular flexibility index (Phi) is 6.80. The van der Waals surface area contributed by atoms with Crippen LogP contribution in [-0.2, 0) is 24.3 Å². The third-order valence-electron chi connectivity index (χ3n) is 5.02. The maximum absolute atomic E-state index is 13.1. The van der Waals surface area contributed by atoms with E-state index >= 15 is 0 Å². The van der Waals surface area contributed by atoms with Crippen LogP contribution < -0.4 is 0 Å². The van der Waals surface area contributed by atoms with Gasteiger partial charge in [0.1, 0.15) is 0 Å². The van der Waals surface area contributed by atoms with Crippen LogP contribution in [0.4, 0.5) is 0 Å². The lowest BCUT2D eigenvalue weighted by Gasteiger charge is -2.23. The van der Waals surface area contributed by atoms with Gasteiger partial charge in [0.05, 0.1) is 6.20 Å². The monoisotopic (exact) mass is 430 g/mol. The van der Waals surface area contributed by atoms with E-state index in [-0.39, 0.29) is 5.91 Å². The van der Waals surface area contributed by atoms with Crippen LogP contribution in [0.1, 0.15) is 23.4 Å². The molecule has 4 rings (SSSR count). The minimum atomic E-state index is 0.0685. The Hall–Kier alpha value is -3.37. The molecule has 1 aromatic heterocycles. The average Bonchev–Trinajstić information content (AvgIpc) is 3.28. The zero-order valence-electron chi connectivity index (χ0n) is 17.1. The van der Waals surface area contributed by atoms with Crippen molar-refractivity contribution in [1.29, 1.82) is 0 Å². The summed E-state index contributed by atoms with van der Waals surface area (Å²) in [6, 6.07) is 27.5. The highest BCUT2D eigenvalue weighted by Gasteiger charge is 2.16. The zero-order valence-corrected chi connectivity index (χ0v) is 17.8. The van der Waals surface area contributed by atoms with Gasteiger partial charge in [-0.2, -0.15) is 0 Å². The number of nitrogens with zero attached hydrogens (tertiary/aromatic N) is 2. The van der Waals surface area contributed by atoms with Crippen LogP contribution in [0, 0.1) is 0 Å². The van der Waals surface area contributed by atoms with Crippen LogP contribution in [-0.4, -0.2) is 15.8 Å². The highest BCUT2D eigenvalue weighted by molar-refractivity contribution is 6.30. The lowest BCUT2D eigenvalue weighted by atomic mass is 10.1. The number of benzene rings is 3. The third-order valence-corrected chi connectivity index (χ3v) is 5.27. The van der Waals surface area contributed by atoms with E-state index in [2.05, 4.69) is 4.98 Å². The summed E-state index contributed by atoms with van der Waals surface area (Å²) in [4.78, 5) is 19.3. The summed E-state index contributed by atoms with van der Waals surface area (Å²) in [5.41, 5.74) is 3.12. The molecule has 0 radical (unpaired) electrons. The number of amides is 1. The zero-order chi connectivity index (χ0) is 21.5. The Morgan fingerprint density at radius 2 is 1.42 bits per heavy atom. The minimum absolute atomic E-state index is 0.0685. The molecule has 0 atom stereocenters. The van der Waals surface area contributed by atoms with Gasteiger partial charge < -0.3 is 9.32 Å². The van der Waals surface area contributed by atoms with Crippen molar-refractivity contribution in [1.82, 2.24) is 9.88 Å². The Morgan fingerprint density at radius 3 is 2.00 bits per heavy atom. The SMILES string of the molecule is O=C(CCc1ncc(-c2ccc(Cl)cc2)o1)N(Cc1ccccc1)Cc1ccccc1. The van der Waals surface area contributed by atoms with Gasteiger partial charge in [-0.3, -0.25) is 4.79 Å². The van der Waals surface area contributed by atoms with Crippen molar-refractivity contribution >= 4 is 17.5 Å². The molecule has 0 saturated heterocycles. The van der Waals surface area contributed by atoms with E-state index in [0.29, 0.717) is 42.6 Å². The van der Waals surface area contributed by atoms with Crippen LogP contribution >= 0.6 is 11.6 Å². The second kappa shape index (κ2) is 10.1. The normalized spacial score (nSPS) is 10.7. The molecule has 4 nitrogen and oxygen atoms in total. The smallest absolute Gasteiger partial charge is 0.223 e. The van der Waals surface area contributed by atoms with Gasteiger partial charge in [0.2, 0.25) is 5.91 Å². The number of hydrogen-bond acceptors (Lipinski definition) is 3. The van der Waals surface area contributed by atoms with Gasteiger partial charge in [-0.1, -0.05) is 72.3 Å². The number of aryl methyl sites for hydroxylation is 1. The first-order chi connectivity index (χ1) is 15.2. The van der Waals surface area contributed by atoms with E-state index in [1.54, 1.807) is 6.20 Å². The molecule has 3 aromatic carbocycles. The summed E-state index contributed by atoms with van der Waals surface area (Å²) < 4.78 is 5.85. The van der Waals surface area contributed by atoms with Crippen LogP contribution in [0.2, 0.25) is 5.02 Å². The second-order valence-electron chi connectivity index (χ2n) is 7.35. The van der Waals surface area contributed by atoms with Crippen molar-refractivity contribution in [2.45, 2.75) is 25.9 Å². The Labute approximate surface area is 187 Å². The van der Waals surface area contributed by atoms with Gasteiger partial charge >= 0.3 is 0 Å². The van der Waals surface area contributed by atoms with Gasteiger partial charge in [-0.15, -0.1) is 0 Å². The molecule has 5 heteroatoms. The lowest BCUT2D eigenvalue weighted by Crippen LogP contribution is -2.30. The summed E-state index contributed by atoms with van der Waals surface area (Å²) >= 11 is 5.95. The maximum Gasteiger partial charge on any atom is 0.223 e. The van der Waals surface area contributed by atoms with E-state index in [4.69, 9.17) is 16.0 Å². The fraction of sp³-hybridized carbons (Fsp3) is 0.154. The number of hydrogen-bond donors (Lipinski definition) is 0. The van der Waals surface area contributed by atoms with Crippen molar-refractivity contribution in [3.8, 4) is 11.3 Å². The molecular formula is C26H23ClN2O2. The molecule has 0 aliphatic carbocycles. The predicted octanol–water partition coefficient (Wildman–Crippen LogP) is 6.16. The fourth-order valence-corrected chi connectivity index (χ4v) is 3.51. The molecule has 0 N–H and O–H groups in total. The highest BCUT2D eigenvalue weighted by atomic mass is 35.5. The molecule has 0 spiro atoms. The Balaban J connectivity index is 1.42. The van der Waals surface area contributed by atoms with Crippen molar-refractivity contribution in [3.05, 3.63) is 113 Å². The number of oxazole rings is 1. The number of rotatable bonds is 8. The first-order valence-electron chi connectivity index (χ1n) is 10.2. The first kappa shape index (κ1) is 20.9. The summed E-state index contributed by atoms with van der Waals surface area (Å²) in [5, 5.41) is 0.672. The molecule has 0 aliphatic heterocycles. The summed E-state index contributed by atoms with van der Waals surface area (Å²) in [6.45, 7) is 1.13. The first-order valence-corrected chi connectivity index (χ1v) is 10.6. The molecular weight excluding hydrogens is 408 g/mol. The highest BCUT2D eigenvalue weighted by Crippen LogP contribution is 2.23. The van der Waals surface area contributed by atoms with E-state index in [9.17, 15) is 4.79 Å².